The Kier molecular flexibility index (Phi) is 3.25. The number of aryl methyl sites for hydroxylation is 1. The van der Waals surface area contributed by atoms with Crippen LogP contribution in [0.25, 0.3) is 0 Å². The minimum absolute atomic E-state index is 0.463. The van der Waals surface area contributed by atoms with E-state index in [1.807, 2.05) is 11.6 Å². The molecule has 90 valence electrons. The zero-order valence-corrected chi connectivity index (χ0v) is 10.1. The molecular formula is C11H20N4O. The van der Waals surface area contributed by atoms with Gasteiger partial charge in [-0.15, -0.1) is 0 Å². The molecule has 0 aromatic carbocycles. The molecule has 0 radical (unpaired) electrons. The SMILES string of the molecule is CCCn1ncnc1CN1CC(O)(CC)C1. The number of likely N-dealkylation sites (tertiary alicyclic amines) is 1. The molecular weight excluding hydrogens is 204 g/mol. The molecule has 0 atom stereocenters. The molecule has 0 aliphatic carbocycles. The zero-order valence-electron chi connectivity index (χ0n) is 10.1. The predicted octanol–water partition coefficient (Wildman–Crippen LogP) is 0.645. The van der Waals surface area contributed by atoms with Gasteiger partial charge in [0.05, 0.1) is 12.1 Å². The van der Waals surface area contributed by atoms with Crippen LogP contribution in [0, 0.1) is 0 Å². The largest absolute Gasteiger partial charge is 0.387 e. The number of aromatic nitrogens is 3. The van der Waals surface area contributed by atoms with Crippen LogP contribution in [0.3, 0.4) is 0 Å². The Balaban J connectivity index is 1.89. The molecule has 2 heterocycles. The molecule has 0 unspecified atom stereocenters. The molecule has 0 saturated carbocycles. The van der Waals surface area contributed by atoms with E-state index in [4.69, 9.17) is 0 Å². The molecule has 2 rings (SSSR count). The van der Waals surface area contributed by atoms with Crippen LogP contribution >= 0.6 is 0 Å². The van der Waals surface area contributed by atoms with Crippen molar-refractivity contribution in [2.75, 3.05) is 13.1 Å². The van der Waals surface area contributed by atoms with Gasteiger partial charge in [-0.3, -0.25) is 4.90 Å². The zero-order chi connectivity index (χ0) is 11.6. The lowest BCUT2D eigenvalue weighted by Crippen LogP contribution is -2.60. The summed E-state index contributed by atoms with van der Waals surface area (Å²) in [5.41, 5.74) is -0.463. The number of hydrogen-bond donors (Lipinski definition) is 1. The Morgan fingerprint density at radius 1 is 1.44 bits per heavy atom. The van der Waals surface area contributed by atoms with Gasteiger partial charge in [-0.05, 0) is 12.8 Å². The van der Waals surface area contributed by atoms with E-state index in [-0.39, 0.29) is 0 Å². The summed E-state index contributed by atoms with van der Waals surface area (Å²) in [6, 6.07) is 0. The topological polar surface area (TPSA) is 54.2 Å². The van der Waals surface area contributed by atoms with Gasteiger partial charge in [0.25, 0.3) is 0 Å². The molecule has 0 spiro atoms. The van der Waals surface area contributed by atoms with Gasteiger partial charge in [0, 0.05) is 19.6 Å². The fraction of sp³-hybridized carbons (Fsp3) is 0.818. The fourth-order valence-corrected chi connectivity index (χ4v) is 2.13. The van der Waals surface area contributed by atoms with Crippen molar-refractivity contribution in [3.8, 4) is 0 Å². The molecule has 1 aliphatic rings. The van der Waals surface area contributed by atoms with Crippen LogP contribution in [0.5, 0.6) is 0 Å². The molecule has 1 saturated heterocycles. The van der Waals surface area contributed by atoms with Crippen molar-refractivity contribution >= 4 is 0 Å². The quantitative estimate of drug-likeness (QED) is 0.797. The van der Waals surface area contributed by atoms with Gasteiger partial charge < -0.3 is 5.11 Å². The van der Waals surface area contributed by atoms with Gasteiger partial charge in [0.1, 0.15) is 12.2 Å². The number of nitrogens with zero attached hydrogens (tertiary/aromatic N) is 4. The Morgan fingerprint density at radius 3 is 2.81 bits per heavy atom. The van der Waals surface area contributed by atoms with Crippen LogP contribution in [-0.4, -0.2) is 43.5 Å². The van der Waals surface area contributed by atoms with Crippen LogP contribution in [0.2, 0.25) is 0 Å². The van der Waals surface area contributed by atoms with E-state index in [9.17, 15) is 5.11 Å². The summed E-state index contributed by atoms with van der Waals surface area (Å²) >= 11 is 0. The molecule has 1 N–H and O–H groups in total. The van der Waals surface area contributed by atoms with E-state index in [0.29, 0.717) is 0 Å². The highest BCUT2D eigenvalue weighted by Gasteiger charge is 2.39. The lowest BCUT2D eigenvalue weighted by atomic mass is 9.91. The summed E-state index contributed by atoms with van der Waals surface area (Å²) in [5.74, 6) is 1.00. The van der Waals surface area contributed by atoms with E-state index in [0.717, 1.165) is 44.8 Å². The summed E-state index contributed by atoms with van der Waals surface area (Å²) in [4.78, 5) is 6.47. The van der Waals surface area contributed by atoms with E-state index < -0.39 is 5.60 Å². The Labute approximate surface area is 96.1 Å². The van der Waals surface area contributed by atoms with Gasteiger partial charge in [0.15, 0.2) is 0 Å². The van der Waals surface area contributed by atoms with Gasteiger partial charge in [-0.2, -0.15) is 5.10 Å². The number of hydrogen-bond acceptors (Lipinski definition) is 4. The second-order valence-electron chi connectivity index (χ2n) is 4.62. The van der Waals surface area contributed by atoms with Crippen LogP contribution in [0.4, 0.5) is 0 Å². The summed E-state index contributed by atoms with van der Waals surface area (Å²) in [7, 11) is 0. The number of aliphatic hydroxyl groups is 1. The van der Waals surface area contributed by atoms with Crippen molar-refractivity contribution in [2.45, 2.75) is 45.4 Å². The van der Waals surface area contributed by atoms with Gasteiger partial charge >= 0.3 is 0 Å². The normalized spacial score (nSPS) is 19.7. The molecule has 1 aromatic heterocycles. The maximum absolute atomic E-state index is 9.91. The fourth-order valence-electron chi connectivity index (χ4n) is 2.13. The minimum atomic E-state index is -0.463. The first-order valence-corrected chi connectivity index (χ1v) is 5.98. The van der Waals surface area contributed by atoms with E-state index in [1.54, 1.807) is 6.33 Å². The lowest BCUT2D eigenvalue weighted by molar-refractivity contribution is -0.104. The molecule has 1 aromatic rings. The van der Waals surface area contributed by atoms with Crippen LogP contribution in [-0.2, 0) is 13.1 Å². The van der Waals surface area contributed by atoms with E-state index >= 15 is 0 Å². The monoisotopic (exact) mass is 224 g/mol. The van der Waals surface area contributed by atoms with Crippen molar-refractivity contribution in [2.24, 2.45) is 0 Å². The second-order valence-corrected chi connectivity index (χ2v) is 4.62. The highest BCUT2D eigenvalue weighted by Crippen LogP contribution is 2.25. The summed E-state index contributed by atoms with van der Waals surface area (Å²) in [5, 5.41) is 14.1. The number of rotatable bonds is 5. The van der Waals surface area contributed by atoms with Crippen molar-refractivity contribution in [1.29, 1.82) is 0 Å². The highest BCUT2D eigenvalue weighted by atomic mass is 16.3. The maximum atomic E-state index is 9.91. The van der Waals surface area contributed by atoms with Gasteiger partial charge in [0.2, 0.25) is 0 Å². The average Bonchev–Trinajstić information content (AvgIpc) is 2.64. The van der Waals surface area contributed by atoms with Crippen molar-refractivity contribution in [1.82, 2.24) is 19.7 Å². The van der Waals surface area contributed by atoms with Crippen LogP contribution in [0.15, 0.2) is 6.33 Å². The third kappa shape index (κ3) is 2.25. The van der Waals surface area contributed by atoms with Gasteiger partial charge in [-0.25, -0.2) is 9.67 Å². The van der Waals surface area contributed by atoms with Crippen molar-refractivity contribution < 1.29 is 5.11 Å². The third-order valence-corrected chi connectivity index (χ3v) is 3.19. The Hall–Kier alpha value is -0.940. The molecule has 0 amide bonds. The van der Waals surface area contributed by atoms with Crippen molar-refractivity contribution in [3.63, 3.8) is 0 Å². The maximum Gasteiger partial charge on any atom is 0.141 e. The molecule has 1 fully saturated rings. The first-order chi connectivity index (χ1) is 7.67. The third-order valence-electron chi connectivity index (χ3n) is 3.19. The summed E-state index contributed by atoms with van der Waals surface area (Å²) < 4.78 is 1.95. The predicted molar refractivity (Wildman–Crippen MR) is 60.8 cm³/mol. The highest BCUT2D eigenvalue weighted by molar-refractivity contribution is 4.97. The summed E-state index contributed by atoms with van der Waals surface area (Å²) in [6.07, 6.45) is 3.50. The molecule has 1 aliphatic heterocycles. The van der Waals surface area contributed by atoms with E-state index in [1.165, 1.54) is 0 Å². The van der Waals surface area contributed by atoms with Gasteiger partial charge in [-0.1, -0.05) is 13.8 Å². The second kappa shape index (κ2) is 4.51. The standard InChI is InChI=1S/C11H20N4O/c1-3-5-15-10(12-9-13-15)6-14-7-11(16,4-2)8-14/h9,16H,3-8H2,1-2H3. The van der Waals surface area contributed by atoms with Crippen LogP contribution < -0.4 is 0 Å². The smallest absolute Gasteiger partial charge is 0.141 e. The van der Waals surface area contributed by atoms with Crippen LogP contribution in [0.1, 0.15) is 32.5 Å². The average molecular weight is 224 g/mol. The molecule has 16 heavy (non-hydrogen) atoms. The van der Waals surface area contributed by atoms with E-state index in [2.05, 4.69) is 21.9 Å². The minimum Gasteiger partial charge on any atom is -0.387 e. The lowest BCUT2D eigenvalue weighted by Gasteiger charge is -2.45. The first kappa shape index (κ1) is 11.5. The van der Waals surface area contributed by atoms with Crippen molar-refractivity contribution in [3.05, 3.63) is 12.2 Å². The Morgan fingerprint density at radius 2 is 2.19 bits per heavy atom. The molecule has 5 heteroatoms. The summed E-state index contributed by atoms with van der Waals surface area (Å²) in [6.45, 7) is 7.37. The Bertz CT molecular complexity index is 344. The molecule has 0 bridgehead atoms. The number of β-amino-alcohol motifs (C(OH)–C–C–N with tert-alkyl or cyclic N) is 1. The molecule has 5 nitrogen and oxygen atoms in total. The first-order valence-electron chi connectivity index (χ1n) is 5.98.